The van der Waals surface area contributed by atoms with Gasteiger partial charge in [-0.15, -0.1) is 11.3 Å². The molecule has 2 rings (SSSR count). The SMILES string of the molecule is CCc1ncc(CNc2cccc(NC(C)=O)c2)s1. The van der Waals surface area contributed by atoms with E-state index < -0.39 is 0 Å². The maximum Gasteiger partial charge on any atom is 0.221 e. The number of benzene rings is 1. The van der Waals surface area contributed by atoms with Crippen molar-refractivity contribution in [3.05, 3.63) is 40.3 Å². The number of rotatable bonds is 5. The predicted molar refractivity (Wildman–Crippen MR) is 79.6 cm³/mol. The van der Waals surface area contributed by atoms with Crippen molar-refractivity contribution in [1.29, 1.82) is 0 Å². The average molecular weight is 275 g/mol. The minimum Gasteiger partial charge on any atom is -0.380 e. The van der Waals surface area contributed by atoms with Crippen LogP contribution in [0.3, 0.4) is 0 Å². The van der Waals surface area contributed by atoms with Crippen molar-refractivity contribution >= 4 is 28.6 Å². The number of thiazole rings is 1. The smallest absolute Gasteiger partial charge is 0.221 e. The quantitative estimate of drug-likeness (QED) is 0.880. The molecule has 0 aliphatic heterocycles. The summed E-state index contributed by atoms with van der Waals surface area (Å²) < 4.78 is 0. The summed E-state index contributed by atoms with van der Waals surface area (Å²) in [6, 6.07) is 7.68. The Balaban J connectivity index is 1.97. The number of hydrogen-bond donors (Lipinski definition) is 2. The predicted octanol–water partition coefficient (Wildman–Crippen LogP) is 3.28. The van der Waals surface area contributed by atoms with Gasteiger partial charge in [-0.05, 0) is 24.6 Å². The molecule has 5 heteroatoms. The molecule has 1 aromatic heterocycles. The Morgan fingerprint density at radius 1 is 1.37 bits per heavy atom. The second kappa shape index (κ2) is 6.33. The normalized spacial score (nSPS) is 10.2. The number of anilines is 2. The molecule has 0 spiro atoms. The van der Waals surface area contributed by atoms with Crippen molar-refractivity contribution < 1.29 is 4.79 Å². The molecule has 100 valence electrons. The van der Waals surface area contributed by atoms with Crippen molar-refractivity contribution in [2.24, 2.45) is 0 Å². The maximum absolute atomic E-state index is 11.0. The molecule has 0 bridgehead atoms. The largest absolute Gasteiger partial charge is 0.380 e. The number of hydrogen-bond acceptors (Lipinski definition) is 4. The number of nitrogens with one attached hydrogen (secondary N) is 2. The summed E-state index contributed by atoms with van der Waals surface area (Å²) in [5.41, 5.74) is 1.79. The number of amides is 1. The zero-order chi connectivity index (χ0) is 13.7. The Labute approximate surface area is 116 Å². The zero-order valence-electron chi connectivity index (χ0n) is 11.1. The second-order valence-electron chi connectivity index (χ2n) is 4.19. The Morgan fingerprint density at radius 3 is 2.84 bits per heavy atom. The third kappa shape index (κ3) is 4.06. The molecule has 1 amide bonds. The second-order valence-corrected chi connectivity index (χ2v) is 5.39. The number of aryl methyl sites for hydroxylation is 1. The molecule has 0 fully saturated rings. The van der Waals surface area contributed by atoms with Crippen LogP contribution in [0.2, 0.25) is 0 Å². The van der Waals surface area contributed by atoms with E-state index >= 15 is 0 Å². The van der Waals surface area contributed by atoms with Gasteiger partial charge in [-0.25, -0.2) is 4.98 Å². The highest BCUT2D eigenvalue weighted by atomic mass is 32.1. The van der Waals surface area contributed by atoms with E-state index in [2.05, 4.69) is 22.5 Å². The maximum atomic E-state index is 11.0. The fourth-order valence-corrected chi connectivity index (χ4v) is 2.49. The molecular weight excluding hydrogens is 258 g/mol. The van der Waals surface area contributed by atoms with E-state index in [0.29, 0.717) is 0 Å². The fraction of sp³-hybridized carbons (Fsp3) is 0.286. The standard InChI is InChI=1S/C14H17N3OS/c1-3-14-16-9-13(19-14)8-15-11-5-4-6-12(7-11)17-10(2)18/h4-7,9,15H,3,8H2,1-2H3,(H,17,18). The van der Waals surface area contributed by atoms with E-state index in [4.69, 9.17) is 0 Å². The van der Waals surface area contributed by atoms with Gasteiger partial charge in [0.05, 0.1) is 11.6 Å². The summed E-state index contributed by atoms with van der Waals surface area (Å²) in [4.78, 5) is 16.5. The van der Waals surface area contributed by atoms with Crippen LogP contribution in [-0.2, 0) is 17.8 Å². The summed E-state index contributed by atoms with van der Waals surface area (Å²) in [5.74, 6) is -0.0628. The van der Waals surface area contributed by atoms with E-state index in [1.807, 2.05) is 30.5 Å². The molecule has 2 N–H and O–H groups in total. The third-order valence-corrected chi connectivity index (χ3v) is 3.70. The number of carbonyl (C=O) groups is 1. The average Bonchev–Trinajstić information content (AvgIpc) is 2.84. The van der Waals surface area contributed by atoms with E-state index in [-0.39, 0.29) is 5.91 Å². The summed E-state index contributed by atoms with van der Waals surface area (Å²) >= 11 is 1.72. The van der Waals surface area contributed by atoms with Crippen LogP contribution < -0.4 is 10.6 Å². The van der Waals surface area contributed by atoms with Crippen molar-refractivity contribution in [3.63, 3.8) is 0 Å². The molecule has 1 aromatic carbocycles. The van der Waals surface area contributed by atoms with Gasteiger partial charge in [0.15, 0.2) is 0 Å². The summed E-state index contributed by atoms with van der Waals surface area (Å²) in [7, 11) is 0. The lowest BCUT2D eigenvalue weighted by Gasteiger charge is -2.07. The molecule has 19 heavy (non-hydrogen) atoms. The number of carbonyl (C=O) groups excluding carboxylic acids is 1. The van der Waals surface area contributed by atoms with Crippen LogP contribution in [0.15, 0.2) is 30.5 Å². The van der Waals surface area contributed by atoms with Crippen LogP contribution in [0, 0.1) is 0 Å². The lowest BCUT2D eigenvalue weighted by atomic mass is 10.2. The van der Waals surface area contributed by atoms with E-state index in [9.17, 15) is 4.79 Å². The van der Waals surface area contributed by atoms with Gasteiger partial charge in [0.2, 0.25) is 5.91 Å². The Bertz CT molecular complexity index is 565. The first-order valence-electron chi connectivity index (χ1n) is 6.22. The van der Waals surface area contributed by atoms with Crippen molar-refractivity contribution in [1.82, 2.24) is 4.98 Å². The molecule has 0 atom stereocenters. The first-order valence-corrected chi connectivity index (χ1v) is 7.04. The van der Waals surface area contributed by atoms with Crippen LogP contribution in [0.1, 0.15) is 23.7 Å². The number of nitrogens with zero attached hydrogens (tertiary/aromatic N) is 1. The topological polar surface area (TPSA) is 54.0 Å². The molecule has 0 aliphatic rings. The molecule has 0 saturated carbocycles. The van der Waals surface area contributed by atoms with Crippen LogP contribution in [0.5, 0.6) is 0 Å². The molecule has 1 heterocycles. The molecule has 2 aromatic rings. The highest BCUT2D eigenvalue weighted by molar-refractivity contribution is 7.11. The van der Waals surface area contributed by atoms with Crippen LogP contribution in [0.25, 0.3) is 0 Å². The van der Waals surface area contributed by atoms with Crippen LogP contribution in [0.4, 0.5) is 11.4 Å². The van der Waals surface area contributed by atoms with Crippen molar-refractivity contribution in [3.8, 4) is 0 Å². The van der Waals surface area contributed by atoms with Gasteiger partial charge in [0.1, 0.15) is 0 Å². The molecule has 4 nitrogen and oxygen atoms in total. The highest BCUT2D eigenvalue weighted by Crippen LogP contribution is 2.18. The van der Waals surface area contributed by atoms with Crippen molar-refractivity contribution in [2.75, 3.05) is 10.6 Å². The minimum absolute atomic E-state index is 0.0628. The molecular formula is C14H17N3OS. The molecule has 0 radical (unpaired) electrons. The first kappa shape index (κ1) is 13.5. The van der Waals surface area contributed by atoms with E-state index in [1.165, 1.54) is 11.8 Å². The van der Waals surface area contributed by atoms with Gasteiger partial charge in [0, 0.05) is 29.4 Å². The summed E-state index contributed by atoms with van der Waals surface area (Å²) in [6.07, 6.45) is 2.89. The van der Waals surface area contributed by atoms with Gasteiger partial charge in [-0.3, -0.25) is 4.79 Å². The van der Waals surface area contributed by atoms with Gasteiger partial charge in [-0.1, -0.05) is 13.0 Å². The molecule has 0 aliphatic carbocycles. The summed E-state index contributed by atoms with van der Waals surface area (Å²) in [5, 5.41) is 7.26. The third-order valence-electron chi connectivity index (χ3n) is 2.55. The van der Waals surface area contributed by atoms with E-state index in [1.54, 1.807) is 11.3 Å². The lowest BCUT2D eigenvalue weighted by molar-refractivity contribution is -0.114. The fourth-order valence-electron chi connectivity index (χ4n) is 1.69. The lowest BCUT2D eigenvalue weighted by Crippen LogP contribution is -2.06. The van der Waals surface area contributed by atoms with Crippen molar-refractivity contribution in [2.45, 2.75) is 26.8 Å². The van der Waals surface area contributed by atoms with E-state index in [0.717, 1.165) is 29.3 Å². The van der Waals surface area contributed by atoms with Crippen LogP contribution >= 0.6 is 11.3 Å². The molecule has 0 unspecified atom stereocenters. The van der Waals surface area contributed by atoms with Crippen LogP contribution in [-0.4, -0.2) is 10.9 Å². The van der Waals surface area contributed by atoms with Gasteiger partial charge < -0.3 is 10.6 Å². The van der Waals surface area contributed by atoms with Gasteiger partial charge in [0.25, 0.3) is 0 Å². The Morgan fingerprint density at radius 2 is 2.16 bits per heavy atom. The zero-order valence-corrected chi connectivity index (χ0v) is 11.9. The van der Waals surface area contributed by atoms with Gasteiger partial charge in [-0.2, -0.15) is 0 Å². The summed E-state index contributed by atoms with van der Waals surface area (Å²) in [6.45, 7) is 4.36. The first-order chi connectivity index (χ1) is 9.17. The highest BCUT2D eigenvalue weighted by Gasteiger charge is 2.01. The molecule has 0 saturated heterocycles. The monoisotopic (exact) mass is 275 g/mol. The Kier molecular flexibility index (Phi) is 4.52. The van der Waals surface area contributed by atoms with Gasteiger partial charge >= 0.3 is 0 Å². The number of aromatic nitrogens is 1. The minimum atomic E-state index is -0.0628. The Hall–Kier alpha value is -1.88.